The van der Waals surface area contributed by atoms with Crippen molar-refractivity contribution in [2.24, 2.45) is 5.10 Å². The predicted octanol–water partition coefficient (Wildman–Crippen LogP) is 0.281. The van der Waals surface area contributed by atoms with Gasteiger partial charge in [0.05, 0.1) is 0 Å². The van der Waals surface area contributed by atoms with Gasteiger partial charge in [0.25, 0.3) is 0 Å². The summed E-state index contributed by atoms with van der Waals surface area (Å²) in [6, 6.07) is 3.48. The highest BCUT2D eigenvalue weighted by atomic mass is 15.3. The van der Waals surface area contributed by atoms with E-state index in [-0.39, 0.29) is 0 Å². The van der Waals surface area contributed by atoms with Gasteiger partial charge < -0.3 is 11.1 Å². The molecule has 0 spiro atoms. The van der Waals surface area contributed by atoms with Crippen LogP contribution >= 0.6 is 0 Å². The van der Waals surface area contributed by atoms with Gasteiger partial charge in [-0.05, 0) is 18.1 Å². The molecular formula is C11H13N5. The Bertz CT molecular complexity index is 453. The Morgan fingerprint density at radius 1 is 1.69 bits per heavy atom. The summed E-state index contributed by atoms with van der Waals surface area (Å²) in [5, 5.41) is 6.39. The zero-order valence-corrected chi connectivity index (χ0v) is 8.99. The van der Waals surface area contributed by atoms with E-state index in [2.05, 4.69) is 39.4 Å². The van der Waals surface area contributed by atoms with Gasteiger partial charge in [-0.1, -0.05) is 5.92 Å². The molecule has 16 heavy (non-hydrogen) atoms. The van der Waals surface area contributed by atoms with Crippen LogP contribution in [-0.2, 0) is 0 Å². The van der Waals surface area contributed by atoms with Crippen molar-refractivity contribution in [3.63, 3.8) is 0 Å². The molecule has 82 valence electrons. The van der Waals surface area contributed by atoms with Crippen molar-refractivity contribution in [2.45, 2.75) is 0 Å². The number of rotatable bonds is 3. The molecule has 0 aromatic carbocycles. The molecule has 4 N–H and O–H groups in total. The first kappa shape index (κ1) is 11.6. The number of hydrazone groups is 1. The van der Waals surface area contributed by atoms with Crippen LogP contribution in [0.2, 0.25) is 0 Å². The largest absolute Gasteiger partial charge is 0.392 e. The van der Waals surface area contributed by atoms with Crippen molar-refractivity contribution in [3.05, 3.63) is 35.8 Å². The quantitative estimate of drug-likeness (QED) is 0.384. The fourth-order valence-corrected chi connectivity index (χ4v) is 0.991. The van der Waals surface area contributed by atoms with Crippen LogP contribution < -0.4 is 16.5 Å². The summed E-state index contributed by atoms with van der Waals surface area (Å²) >= 11 is 0. The Hall–Kier alpha value is -2.48. The second kappa shape index (κ2) is 6.09. The van der Waals surface area contributed by atoms with Gasteiger partial charge in [0.1, 0.15) is 11.5 Å². The molecule has 5 heteroatoms. The third kappa shape index (κ3) is 3.72. The molecule has 0 bridgehead atoms. The Kier molecular flexibility index (Phi) is 4.41. The van der Waals surface area contributed by atoms with E-state index in [0.717, 1.165) is 5.56 Å². The highest BCUT2D eigenvalue weighted by molar-refractivity contribution is 5.44. The third-order valence-corrected chi connectivity index (χ3v) is 1.61. The average molecular weight is 215 g/mol. The van der Waals surface area contributed by atoms with Gasteiger partial charge in [0.2, 0.25) is 0 Å². The summed E-state index contributed by atoms with van der Waals surface area (Å²) in [4.78, 5) is 3.88. The number of nitrogens with two attached hydrogens (primary N) is 1. The first-order valence-corrected chi connectivity index (χ1v) is 4.59. The van der Waals surface area contributed by atoms with Crippen LogP contribution in [0.5, 0.6) is 0 Å². The normalized spacial score (nSPS) is 9.94. The van der Waals surface area contributed by atoms with Crippen LogP contribution in [0.4, 0.5) is 5.82 Å². The molecule has 0 aliphatic carbocycles. The van der Waals surface area contributed by atoms with Crippen molar-refractivity contribution < 1.29 is 0 Å². The molecule has 0 saturated heterocycles. The number of hydrogen-bond acceptors (Lipinski definition) is 5. The summed E-state index contributed by atoms with van der Waals surface area (Å²) in [6.07, 6.45) is 3.30. The smallest absolute Gasteiger partial charge is 0.124 e. The minimum absolute atomic E-state index is 0.445. The number of nitrogens with one attached hydrogen (secondary N) is 2. The van der Waals surface area contributed by atoms with Crippen LogP contribution in [-0.4, -0.2) is 18.7 Å². The highest BCUT2D eigenvalue weighted by Crippen LogP contribution is 2.00. The van der Waals surface area contributed by atoms with Gasteiger partial charge in [-0.15, -0.1) is 0 Å². The molecule has 0 saturated carbocycles. The molecule has 1 rings (SSSR count). The van der Waals surface area contributed by atoms with Crippen molar-refractivity contribution >= 4 is 12.5 Å². The molecule has 0 aliphatic rings. The summed E-state index contributed by atoms with van der Waals surface area (Å²) in [7, 11) is 1.77. The number of nitrogen functional groups attached to an aromatic ring is 1. The number of pyridine rings is 1. The Morgan fingerprint density at radius 3 is 3.12 bits per heavy atom. The zero-order chi connectivity index (χ0) is 11.8. The predicted molar refractivity (Wildman–Crippen MR) is 65.4 cm³/mol. The lowest BCUT2D eigenvalue weighted by molar-refractivity contribution is 0.912. The summed E-state index contributed by atoms with van der Waals surface area (Å²) < 4.78 is 0. The minimum atomic E-state index is 0.445. The number of allylic oxidation sites excluding steroid dienone is 1. The number of aromatic nitrogens is 1. The molecule has 0 radical (unpaired) electrons. The lowest BCUT2D eigenvalue weighted by Gasteiger charge is -1.97. The monoisotopic (exact) mass is 215 g/mol. The first-order valence-electron chi connectivity index (χ1n) is 4.59. The van der Waals surface area contributed by atoms with Crippen LogP contribution in [0.1, 0.15) is 5.56 Å². The lowest BCUT2D eigenvalue weighted by atomic mass is 10.2. The van der Waals surface area contributed by atoms with E-state index in [1.807, 2.05) is 0 Å². The highest BCUT2D eigenvalue weighted by Gasteiger charge is 1.90. The Balaban J connectivity index is 2.86. The SMILES string of the molecule is C=NN/C(C#Cc1ccnc(N)c1)=C\NC. The maximum Gasteiger partial charge on any atom is 0.124 e. The number of nitrogens with zero attached hydrogens (tertiary/aromatic N) is 2. The van der Waals surface area contributed by atoms with Gasteiger partial charge >= 0.3 is 0 Å². The van der Waals surface area contributed by atoms with E-state index in [1.54, 1.807) is 31.6 Å². The van der Waals surface area contributed by atoms with Gasteiger partial charge in [0, 0.05) is 31.7 Å². The fourth-order valence-electron chi connectivity index (χ4n) is 0.991. The number of hydrogen-bond donors (Lipinski definition) is 3. The molecule has 0 atom stereocenters. The van der Waals surface area contributed by atoms with E-state index < -0.39 is 0 Å². The fraction of sp³-hybridized carbons (Fsp3) is 0.0909. The molecule has 0 unspecified atom stereocenters. The van der Waals surface area contributed by atoms with Gasteiger partial charge in [-0.2, -0.15) is 5.10 Å². The van der Waals surface area contributed by atoms with E-state index in [0.29, 0.717) is 11.5 Å². The first-order chi connectivity index (χ1) is 7.76. The average Bonchev–Trinajstić information content (AvgIpc) is 2.27. The molecule has 1 heterocycles. The summed E-state index contributed by atoms with van der Waals surface area (Å²) in [6.45, 7) is 3.32. The standard InChI is InChI=1S/C11H13N5/c1-13-8-10(16-14-2)4-3-9-5-6-15-11(12)7-9/h5-8,13,16H,2H2,1H3,(H2,12,15)/b10-8-. The van der Waals surface area contributed by atoms with Crippen molar-refractivity contribution in [2.75, 3.05) is 12.8 Å². The number of anilines is 1. The van der Waals surface area contributed by atoms with Crippen LogP contribution in [0, 0.1) is 11.8 Å². The van der Waals surface area contributed by atoms with Gasteiger partial charge in [-0.25, -0.2) is 4.98 Å². The molecule has 1 aromatic rings. The minimum Gasteiger partial charge on any atom is -0.392 e. The van der Waals surface area contributed by atoms with Crippen molar-refractivity contribution in [3.8, 4) is 11.8 Å². The van der Waals surface area contributed by atoms with Crippen LogP contribution in [0.15, 0.2) is 35.3 Å². The van der Waals surface area contributed by atoms with Crippen molar-refractivity contribution in [1.82, 2.24) is 15.7 Å². The second-order valence-corrected chi connectivity index (χ2v) is 2.84. The van der Waals surface area contributed by atoms with Gasteiger partial charge in [-0.3, -0.25) is 5.43 Å². The van der Waals surface area contributed by atoms with Crippen molar-refractivity contribution in [1.29, 1.82) is 0 Å². The van der Waals surface area contributed by atoms with E-state index in [9.17, 15) is 0 Å². The second-order valence-electron chi connectivity index (χ2n) is 2.84. The Labute approximate surface area is 94.5 Å². The van der Waals surface area contributed by atoms with Crippen LogP contribution in [0.25, 0.3) is 0 Å². The lowest BCUT2D eigenvalue weighted by Crippen LogP contribution is -2.07. The Morgan fingerprint density at radius 2 is 2.50 bits per heavy atom. The topological polar surface area (TPSA) is 75.3 Å². The third-order valence-electron chi connectivity index (χ3n) is 1.61. The maximum absolute atomic E-state index is 5.53. The molecule has 0 fully saturated rings. The molecule has 1 aromatic heterocycles. The van der Waals surface area contributed by atoms with E-state index in [1.165, 1.54) is 0 Å². The molecule has 5 nitrogen and oxygen atoms in total. The molecular weight excluding hydrogens is 202 g/mol. The van der Waals surface area contributed by atoms with Crippen LogP contribution in [0.3, 0.4) is 0 Å². The van der Waals surface area contributed by atoms with E-state index in [4.69, 9.17) is 5.73 Å². The molecule has 0 amide bonds. The van der Waals surface area contributed by atoms with Gasteiger partial charge in [0.15, 0.2) is 0 Å². The maximum atomic E-state index is 5.53. The zero-order valence-electron chi connectivity index (χ0n) is 8.99. The summed E-state index contributed by atoms with van der Waals surface area (Å²) in [5.41, 5.74) is 9.60. The van der Waals surface area contributed by atoms with E-state index >= 15 is 0 Å². The summed E-state index contributed by atoms with van der Waals surface area (Å²) in [5.74, 6) is 6.26. The molecule has 0 aliphatic heterocycles.